The van der Waals surface area contributed by atoms with E-state index in [1.165, 1.54) is 60.9 Å². The van der Waals surface area contributed by atoms with E-state index in [1.807, 2.05) is 0 Å². The summed E-state index contributed by atoms with van der Waals surface area (Å²) in [6, 6.07) is 63.7. The number of anilines is 1. The molecule has 2 unspecified atom stereocenters. The Bertz CT molecular complexity index is 2590. The fourth-order valence-electron chi connectivity index (χ4n) is 7.91. The second-order valence-electron chi connectivity index (χ2n) is 13.6. The van der Waals surface area contributed by atoms with Crippen molar-refractivity contribution in [3.8, 4) is 39.1 Å². The maximum absolute atomic E-state index is 5.15. The number of hydrogen-bond donors (Lipinski definition) is 0. The Kier molecular flexibility index (Phi) is 7.28. The number of amidine groups is 1. The van der Waals surface area contributed by atoms with Crippen LogP contribution in [0.2, 0.25) is 0 Å². The van der Waals surface area contributed by atoms with Crippen molar-refractivity contribution in [2.45, 2.75) is 12.1 Å². The summed E-state index contributed by atoms with van der Waals surface area (Å²) >= 11 is 0. The molecule has 0 bridgehead atoms. The minimum Gasteiger partial charge on any atom is -0.317 e. The van der Waals surface area contributed by atoms with Crippen LogP contribution >= 0.6 is 0 Å². The summed E-state index contributed by atoms with van der Waals surface area (Å²) in [6.45, 7) is 0. The Balaban J connectivity index is 0.866. The highest BCUT2D eigenvalue weighted by Gasteiger charge is 2.35. The van der Waals surface area contributed by atoms with Gasteiger partial charge in [0, 0.05) is 27.7 Å². The molecule has 2 heterocycles. The Labute approximate surface area is 303 Å². The second kappa shape index (κ2) is 12.6. The molecule has 10 rings (SSSR count). The lowest BCUT2D eigenvalue weighted by atomic mass is 9.97. The first-order valence-electron chi connectivity index (χ1n) is 18.0. The van der Waals surface area contributed by atoms with Gasteiger partial charge in [0.2, 0.25) is 0 Å². The number of benzene rings is 7. The summed E-state index contributed by atoms with van der Waals surface area (Å²) in [5, 5.41) is 2.56. The van der Waals surface area contributed by atoms with Gasteiger partial charge in [-0.05, 0) is 69.8 Å². The molecule has 0 fully saturated rings. The minimum atomic E-state index is 0.124. The molecular formula is C49H35N3. The lowest BCUT2D eigenvalue weighted by molar-refractivity contribution is 0.739. The van der Waals surface area contributed by atoms with Crippen LogP contribution in [-0.2, 0) is 0 Å². The summed E-state index contributed by atoms with van der Waals surface area (Å²) in [5.41, 5.74) is 13.1. The summed E-state index contributed by atoms with van der Waals surface area (Å²) in [6.07, 6.45) is 8.68. The van der Waals surface area contributed by atoms with Gasteiger partial charge in [-0.25, -0.2) is 0 Å². The molecule has 3 heteroatoms. The third-order valence-electron chi connectivity index (χ3n) is 10.5. The number of aromatic nitrogens is 1. The Morgan fingerprint density at radius 3 is 1.31 bits per heavy atom. The van der Waals surface area contributed by atoms with E-state index in [1.54, 1.807) is 0 Å². The van der Waals surface area contributed by atoms with Crippen LogP contribution in [0.5, 0.6) is 0 Å². The number of aliphatic imine (C=N–C) groups is 1. The van der Waals surface area contributed by atoms with Crippen molar-refractivity contribution in [3.05, 3.63) is 206 Å². The normalized spacial score (nSPS) is 16.4. The van der Waals surface area contributed by atoms with Gasteiger partial charge < -0.3 is 9.47 Å². The highest BCUT2D eigenvalue weighted by molar-refractivity contribution is 6.12. The predicted octanol–water partition coefficient (Wildman–Crippen LogP) is 11.9. The summed E-state index contributed by atoms with van der Waals surface area (Å²) < 4.78 is 2.36. The molecule has 0 saturated carbocycles. The van der Waals surface area contributed by atoms with E-state index in [0.29, 0.717) is 0 Å². The maximum atomic E-state index is 5.15. The Morgan fingerprint density at radius 2 is 0.788 bits per heavy atom. The standard InChI is InChI=1S/C49H35N3/c1-2-10-41(11-3-1)52-48-17-9-6-14-45(48)50-49(52)40-28-26-38(27-29-40)36-20-18-34(19-21-36)35-22-24-37(25-23-35)39-30-32-42(33-31-39)51-46-15-7-4-12-43(46)44-13-5-8-16-47(44)51/h1-33,45,48H. The lowest BCUT2D eigenvalue weighted by Crippen LogP contribution is -2.39. The van der Waals surface area contributed by atoms with Crippen molar-refractivity contribution in [3.63, 3.8) is 0 Å². The molecule has 3 nitrogen and oxygen atoms in total. The fourth-order valence-corrected chi connectivity index (χ4v) is 7.91. The molecule has 8 aromatic rings. The molecular weight excluding hydrogens is 631 g/mol. The molecule has 1 aliphatic carbocycles. The fraction of sp³-hybridized carbons (Fsp3) is 0.0408. The van der Waals surface area contributed by atoms with Crippen molar-refractivity contribution in [2.75, 3.05) is 4.90 Å². The van der Waals surface area contributed by atoms with Gasteiger partial charge in [0.1, 0.15) is 5.84 Å². The van der Waals surface area contributed by atoms with E-state index < -0.39 is 0 Å². The molecule has 52 heavy (non-hydrogen) atoms. The summed E-state index contributed by atoms with van der Waals surface area (Å²) in [4.78, 5) is 7.51. The summed E-state index contributed by atoms with van der Waals surface area (Å²) in [5.74, 6) is 1.02. The SMILES string of the molecule is C1=CC2N=C(c3ccc(-c4ccc(-c5ccc(-c6ccc(-n7c8ccccc8c8ccccc87)cc6)cc5)cc4)cc3)N(c3ccccc3)C2C=C1. The van der Waals surface area contributed by atoms with Crippen LogP contribution in [0.15, 0.2) is 205 Å². The number of para-hydroxylation sites is 3. The first-order valence-corrected chi connectivity index (χ1v) is 18.0. The Morgan fingerprint density at radius 1 is 0.365 bits per heavy atom. The molecule has 0 N–H and O–H groups in total. The molecule has 1 aromatic heterocycles. The second-order valence-corrected chi connectivity index (χ2v) is 13.6. The van der Waals surface area contributed by atoms with Crippen molar-refractivity contribution in [2.24, 2.45) is 4.99 Å². The van der Waals surface area contributed by atoms with Gasteiger partial charge in [0.25, 0.3) is 0 Å². The molecule has 0 radical (unpaired) electrons. The van der Waals surface area contributed by atoms with Crippen molar-refractivity contribution in [1.29, 1.82) is 0 Å². The third kappa shape index (κ3) is 5.18. The van der Waals surface area contributed by atoms with Gasteiger partial charge in [-0.15, -0.1) is 0 Å². The van der Waals surface area contributed by atoms with E-state index in [-0.39, 0.29) is 12.1 Å². The monoisotopic (exact) mass is 665 g/mol. The number of nitrogens with zero attached hydrogens (tertiary/aromatic N) is 3. The van der Waals surface area contributed by atoms with Crippen LogP contribution in [0.1, 0.15) is 5.56 Å². The van der Waals surface area contributed by atoms with Crippen LogP contribution in [-0.4, -0.2) is 22.5 Å². The first kappa shape index (κ1) is 30.1. The third-order valence-corrected chi connectivity index (χ3v) is 10.5. The maximum Gasteiger partial charge on any atom is 0.136 e. The number of rotatable bonds is 6. The van der Waals surface area contributed by atoms with Crippen LogP contribution in [0.3, 0.4) is 0 Å². The highest BCUT2D eigenvalue weighted by Crippen LogP contribution is 2.35. The average molecular weight is 666 g/mol. The zero-order valence-corrected chi connectivity index (χ0v) is 28.5. The van der Waals surface area contributed by atoms with Crippen LogP contribution < -0.4 is 4.90 Å². The molecule has 1 aliphatic heterocycles. The predicted molar refractivity (Wildman–Crippen MR) is 218 cm³/mol. The van der Waals surface area contributed by atoms with E-state index in [2.05, 4.69) is 210 Å². The average Bonchev–Trinajstić information content (AvgIpc) is 3.78. The number of allylic oxidation sites excluding steroid dienone is 2. The molecule has 0 amide bonds. The number of hydrogen-bond acceptors (Lipinski definition) is 2. The van der Waals surface area contributed by atoms with E-state index in [4.69, 9.17) is 4.99 Å². The van der Waals surface area contributed by atoms with E-state index >= 15 is 0 Å². The first-order chi connectivity index (χ1) is 25.8. The number of fused-ring (bicyclic) bond motifs is 4. The molecule has 246 valence electrons. The van der Waals surface area contributed by atoms with Gasteiger partial charge in [0.05, 0.1) is 23.1 Å². The molecule has 2 aliphatic rings. The molecule has 2 atom stereocenters. The van der Waals surface area contributed by atoms with Gasteiger partial charge in [-0.3, -0.25) is 4.99 Å². The van der Waals surface area contributed by atoms with Crippen LogP contribution in [0.4, 0.5) is 5.69 Å². The van der Waals surface area contributed by atoms with Crippen molar-refractivity contribution >= 4 is 33.3 Å². The van der Waals surface area contributed by atoms with Gasteiger partial charge in [0.15, 0.2) is 0 Å². The van der Waals surface area contributed by atoms with Gasteiger partial charge >= 0.3 is 0 Å². The molecule has 7 aromatic carbocycles. The van der Waals surface area contributed by atoms with Crippen LogP contribution in [0, 0.1) is 0 Å². The van der Waals surface area contributed by atoms with Gasteiger partial charge in [-0.2, -0.15) is 0 Å². The van der Waals surface area contributed by atoms with Crippen molar-refractivity contribution in [1.82, 2.24) is 4.57 Å². The van der Waals surface area contributed by atoms with E-state index in [0.717, 1.165) is 17.1 Å². The molecule has 0 spiro atoms. The highest BCUT2D eigenvalue weighted by atomic mass is 15.3. The zero-order chi connectivity index (χ0) is 34.4. The molecule has 0 saturated heterocycles. The lowest BCUT2D eigenvalue weighted by Gasteiger charge is -2.29. The van der Waals surface area contributed by atoms with Gasteiger partial charge in [-0.1, -0.05) is 164 Å². The van der Waals surface area contributed by atoms with E-state index in [9.17, 15) is 0 Å². The smallest absolute Gasteiger partial charge is 0.136 e. The van der Waals surface area contributed by atoms with Crippen molar-refractivity contribution < 1.29 is 0 Å². The quantitative estimate of drug-likeness (QED) is 0.173. The largest absolute Gasteiger partial charge is 0.317 e. The Hall–Kier alpha value is -6.71. The zero-order valence-electron chi connectivity index (χ0n) is 28.5. The van der Waals surface area contributed by atoms with Crippen LogP contribution in [0.25, 0.3) is 60.9 Å². The minimum absolute atomic E-state index is 0.124. The topological polar surface area (TPSA) is 20.5 Å². The summed E-state index contributed by atoms with van der Waals surface area (Å²) in [7, 11) is 0.